The fourth-order valence-electron chi connectivity index (χ4n) is 3.55. The Balaban J connectivity index is 1.53. The van der Waals surface area contributed by atoms with Crippen molar-refractivity contribution in [3.8, 4) is 0 Å². The fourth-order valence-corrected chi connectivity index (χ4v) is 3.55. The van der Waals surface area contributed by atoms with Gasteiger partial charge in [0.05, 0.1) is 19.3 Å². The number of ether oxygens (including phenoxy) is 1. The summed E-state index contributed by atoms with van der Waals surface area (Å²) in [5.74, 6) is 0. The van der Waals surface area contributed by atoms with Gasteiger partial charge < -0.3 is 4.74 Å². The SMILES string of the molecule is C[C@@H](c1cccc2ccccc12)N1CCO[C@@H](Cn2cncn2)C1. The first-order valence-electron chi connectivity index (χ1n) is 8.47. The van der Waals surface area contributed by atoms with Gasteiger partial charge in [-0.25, -0.2) is 4.98 Å². The molecule has 1 aromatic heterocycles. The first-order chi connectivity index (χ1) is 11.8. The van der Waals surface area contributed by atoms with Crippen molar-refractivity contribution >= 4 is 10.8 Å². The molecule has 4 rings (SSSR count). The molecule has 1 aliphatic rings. The third kappa shape index (κ3) is 3.05. The van der Waals surface area contributed by atoms with Gasteiger partial charge in [0, 0.05) is 19.1 Å². The summed E-state index contributed by atoms with van der Waals surface area (Å²) in [5.41, 5.74) is 1.38. The maximum absolute atomic E-state index is 5.92. The van der Waals surface area contributed by atoms with E-state index in [2.05, 4.69) is 64.4 Å². The second kappa shape index (κ2) is 6.71. The molecular formula is C19H22N4O. The lowest BCUT2D eigenvalue weighted by Crippen LogP contribution is -2.45. The van der Waals surface area contributed by atoms with Crippen LogP contribution in [-0.2, 0) is 11.3 Å². The Hall–Kier alpha value is -2.24. The smallest absolute Gasteiger partial charge is 0.137 e. The van der Waals surface area contributed by atoms with Gasteiger partial charge >= 0.3 is 0 Å². The number of benzene rings is 2. The standard InChI is InChI=1S/C19H22N4O/c1-15(18-8-4-6-16-5-2-3-7-19(16)18)22-9-10-24-17(11-22)12-23-14-20-13-21-23/h2-8,13-15,17H,9-12H2,1H3/t15-,17+/m0/s1. The molecule has 0 spiro atoms. The van der Waals surface area contributed by atoms with Gasteiger partial charge in [-0.2, -0.15) is 5.10 Å². The lowest BCUT2D eigenvalue weighted by Gasteiger charge is -2.37. The summed E-state index contributed by atoms with van der Waals surface area (Å²) in [6.07, 6.45) is 3.47. The number of hydrogen-bond acceptors (Lipinski definition) is 4. The summed E-state index contributed by atoms with van der Waals surface area (Å²) in [7, 11) is 0. The van der Waals surface area contributed by atoms with Crippen molar-refractivity contribution in [1.29, 1.82) is 0 Å². The summed E-state index contributed by atoms with van der Waals surface area (Å²) >= 11 is 0. The van der Waals surface area contributed by atoms with Crippen LogP contribution in [-0.4, -0.2) is 45.5 Å². The maximum atomic E-state index is 5.92. The van der Waals surface area contributed by atoms with E-state index in [1.54, 1.807) is 12.7 Å². The molecule has 1 aliphatic heterocycles. The van der Waals surface area contributed by atoms with Crippen LogP contribution in [0.5, 0.6) is 0 Å². The van der Waals surface area contributed by atoms with Gasteiger partial charge in [-0.15, -0.1) is 0 Å². The quantitative estimate of drug-likeness (QED) is 0.741. The second-order valence-electron chi connectivity index (χ2n) is 6.35. The highest BCUT2D eigenvalue weighted by molar-refractivity contribution is 5.86. The van der Waals surface area contributed by atoms with Crippen LogP contribution in [0, 0.1) is 0 Å². The summed E-state index contributed by atoms with van der Waals surface area (Å²) in [5, 5.41) is 6.83. The molecule has 124 valence electrons. The highest BCUT2D eigenvalue weighted by Gasteiger charge is 2.26. The number of aromatic nitrogens is 3. The van der Waals surface area contributed by atoms with Crippen molar-refractivity contribution < 1.29 is 4.74 Å². The maximum Gasteiger partial charge on any atom is 0.137 e. The number of nitrogens with zero attached hydrogens (tertiary/aromatic N) is 4. The molecule has 0 unspecified atom stereocenters. The molecule has 2 heterocycles. The molecule has 0 N–H and O–H groups in total. The van der Waals surface area contributed by atoms with Crippen LogP contribution in [0.2, 0.25) is 0 Å². The zero-order valence-electron chi connectivity index (χ0n) is 13.9. The number of morpholine rings is 1. The van der Waals surface area contributed by atoms with E-state index >= 15 is 0 Å². The van der Waals surface area contributed by atoms with E-state index in [0.29, 0.717) is 6.04 Å². The number of rotatable bonds is 4. The minimum Gasteiger partial charge on any atom is -0.374 e. The van der Waals surface area contributed by atoms with Crippen LogP contribution >= 0.6 is 0 Å². The van der Waals surface area contributed by atoms with Crippen molar-refractivity contribution in [1.82, 2.24) is 19.7 Å². The van der Waals surface area contributed by atoms with Crippen LogP contribution in [0.1, 0.15) is 18.5 Å². The van der Waals surface area contributed by atoms with Gasteiger partial charge in [0.1, 0.15) is 12.7 Å². The van der Waals surface area contributed by atoms with Crippen LogP contribution in [0.25, 0.3) is 10.8 Å². The number of hydrogen-bond donors (Lipinski definition) is 0. The van der Waals surface area contributed by atoms with E-state index in [4.69, 9.17) is 4.74 Å². The summed E-state index contributed by atoms with van der Waals surface area (Å²) in [6.45, 7) is 5.66. The van der Waals surface area contributed by atoms with Crippen LogP contribution in [0.15, 0.2) is 55.1 Å². The minimum atomic E-state index is 0.151. The highest BCUT2D eigenvalue weighted by Crippen LogP contribution is 2.29. The van der Waals surface area contributed by atoms with Crippen molar-refractivity contribution in [3.05, 3.63) is 60.7 Å². The first-order valence-corrected chi connectivity index (χ1v) is 8.47. The van der Waals surface area contributed by atoms with E-state index in [9.17, 15) is 0 Å². The third-order valence-corrected chi connectivity index (χ3v) is 4.85. The van der Waals surface area contributed by atoms with Crippen LogP contribution in [0.4, 0.5) is 0 Å². The van der Waals surface area contributed by atoms with Gasteiger partial charge in [0.15, 0.2) is 0 Å². The number of fused-ring (bicyclic) bond motifs is 1. The molecule has 3 aromatic rings. The van der Waals surface area contributed by atoms with E-state index in [-0.39, 0.29) is 6.10 Å². The first kappa shape index (κ1) is 15.3. The summed E-state index contributed by atoms with van der Waals surface area (Å²) < 4.78 is 7.77. The Bertz CT molecular complexity index is 797. The molecule has 0 radical (unpaired) electrons. The van der Waals surface area contributed by atoms with Gasteiger partial charge in [-0.3, -0.25) is 9.58 Å². The minimum absolute atomic E-state index is 0.151. The van der Waals surface area contributed by atoms with E-state index in [1.165, 1.54) is 16.3 Å². The molecule has 24 heavy (non-hydrogen) atoms. The van der Waals surface area contributed by atoms with Crippen molar-refractivity contribution in [2.75, 3.05) is 19.7 Å². The molecule has 0 bridgehead atoms. The van der Waals surface area contributed by atoms with Gasteiger partial charge in [-0.05, 0) is 23.3 Å². The molecule has 0 amide bonds. The summed E-state index contributed by atoms with van der Waals surface area (Å²) in [4.78, 5) is 6.51. The molecule has 2 aromatic carbocycles. The molecule has 1 fully saturated rings. The lowest BCUT2D eigenvalue weighted by atomic mass is 9.98. The topological polar surface area (TPSA) is 43.2 Å². The van der Waals surface area contributed by atoms with Gasteiger partial charge in [0.25, 0.3) is 0 Å². The molecule has 1 saturated heterocycles. The van der Waals surface area contributed by atoms with Crippen molar-refractivity contribution in [3.63, 3.8) is 0 Å². The predicted molar refractivity (Wildman–Crippen MR) is 93.7 cm³/mol. The third-order valence-electron chi connectivity index (χ3n) is 4.85. The zero-order chi connectivity index (χ0) is 16.4. The second-order valence-corrected chi connectivity index (χ2v) is 6.35. The molecule has 2 atom stereocenters. The normalized spacial score (nSPS) is 20.3. The van der Waals surface area contributed by atoms with Gasteiger partial charge in [0.2, 0.25) is 0 Å². The largest absolute Gasteiger partial charge is 0.374 e. The van der Waals surface area contributed by atoms with E-state index in [0.717, 1.165) is 26.2 Å². The van der Waals surface area contributed by atoms with Crippen molar-refractivity contribution in [2.45, 2.75) is 25.6 Å². The Morgan fingerprint density at radius 2 is 2.08 bits per heavy atom. The van der Waals surface area contributed by atoms with Gasteiger partial charge in [-0.1, -0.05) is 42.5 Å². The Morgan fingerprint density at radius 1 is 1.21 bits per heavy atom. The Morgan fingerprint density at radius 3 is 2.96 bits per heavy atom. The molecule has 0 aliphatic carbocycles. The average Bonchev–Trinajstić information content (AvgIpc) is 3.14. The summed E-state index contributed by atoms with van der Waals surface area (Å²) in [6, 6.07) is 15.5. The van der Waals surface area contributed by atoms with E-state index in [1.807, 2.05) is 4.68 Å². The Kier molecular flexibility index (Phi) is 4.28. The highest BCUT2D eigenvalue weighted by atomic mass is 16.5. The lowest BCUT2D eigenvalue weighted by molar-refractivity contribution is -0.0495. The van der Waals surface area contributed by atoms with Crippen molar-refractivity contribution in [2.24, 2.45) is 0 Å². The molecule has 5 nitrogen and oxygen atoms in total. The zero-order valence-corrected chi connectivity index (χ0v) is 13.9. The Labute approximate surface area is 141 Å². The molecule has 0 saturated carbocycles. The molecule has 5 heteroatoms. The monoisotopic (exact) mass is 322 g/mol. The molecular weight excluding hydrogens is 300 g/mol. The fraction of sp³-hybridized carbons (Fsp3) is 0.368. The predicted octanol–water partition coefficient (Wildman–Crippen LogP) is 2.89. The van der Waals surface area contributed by atoms with E-state index < -0.39 is 0 Å². The van der Waals surface area contributed by atoms with Crippen LogP contribution in [0.3, 0.4) is 0 Å². The average molecular weight is 322 g/mol. The van der Waals surface area contributed by atoms with Crippen LogP contribution < -0.4 is 0 Å².